The lowest BCUT2D eigenvalue weighted by Gasteiger charge is -2.45. The molecule has 0 aliphatic carbocycles. The summed E-state index contributed by atoms with van der Waals surface area (Å²) in [6, 6.07) is 9.67. The average Bonchev–Trinajstić information content (AvgIpc) is 2.67. The monoisotopic (exact) mass is 451 g/mol. The summed E-state index contributed by atoms with van der Waals surface area (Å²) < 4.78 is 30.8. The van der Waals surface area contributed by atoms with Crippen LogP contribution in [0.25, 0.3) is 0 Å². The molecule has 2 bridgehead atoms. The maximum absolute atomic E-state index is 12.4. The number of nitrogens with two attached hydrogens (primary N) is 1. The Labute approximate surface area is 179 Å². The van der Waals surface area contributed by atoms with Gasteiger partial charge in [0.25, 0.3) is 0 Å². The highest BCUT2D eigenvalue weighted by atomic mass is 35.5. The number of piperidine rings is 3. The molecule has 3 aliphatic heterocycles. The Morgan fingerprint density at radius 1 is 1.10 bits per heavy atom. The van der Waals surface area contributed by atoms with E-state index >= 15 is 0 Å². The van der Waals surface area contributed by atoms with Gasteiger partial charge >= 0.3 is 0 Å². The van der Waals surface area contributed by atoms with Gasteiger partial charge in [0.1, 0.15) is 10.6 Å². The van der Waals surface area contributed by atoms with Crippen LogP contribution in [0.1, 0.15) is 29.9 Å². The van der Waals surface area contributed by atoms with Crippen molar-refractivity contribution in [1.82, 2.24) is 4.90 Å². The molecule has 3 heterocycles. The van der Waals surface area contributed by atoms with Gasteiger partial charge in [-0.3, -0.25) is 0 Å². The molecule has 0 saturated carbocycles. The van der Waals surface area contributed by atoms with Gasteiger partial charge in [-0.1, -0.05) is 23.2 Å². The van der Waals surface area contributed by atoms with Crippen LogP contribution in [0.15, 0.2) is 35.2 Å². The number of nitrogens with zero attached hydrogens (tertiary/aromatic N) is 2. The van der Waals surface area contributed by atoms with E-state index in [2.05, 4.69) is 4.90 Å². The zero-order chi connectivity index (χ0) is 20.8. The largest absolute Gasteiger partial charge is 0.456 e. The van der Waals surface area contributed by atoms with Crippen molar-refractivity contribution in [2.24, 2.45) is 11.1 Å². The Bertz CT molecular complexity index is 1090. The smallest absolute Gasteiger partial charge is 0.241 e. The standard InChI is InChI=1S/C20H19Cl2N3O3S/c21-14-7-15(22)9-16(8-14)28-20-17(18-11-25-3-1-13(18)2-4-25)5-12(10-23)6-19(20)29(24,26)27/h5-9,13,18H,1-4,11H2,(H2,24,26,27)/t18-/m1/s1. The van der Waals surface area contributed by atoms with Gasteiger partial charge in [0, 0.05) is 28.1 Å². The van der Waals surface area contributed by atoms with E-state index in [1.165, 1.54) is 6.07 Å². The van der Waals surface area contributed by atoms with Crippen LogP contribution in [-0.4, -0.2) is 33.0 Å². The summed E-state index contributed by atoms with van der Waals surface area (Å²) in [5.74, 6) is 0.895. The molecule has 1 atom stereocenters. The quantitative estimate of drug-likeness (QED) is 0.753. The van der Waals surface area contributed by atoms with Crippen LogP contribution in [0, 0.1) is 17.2 Å². The van der Waals surface area contributed by atoms with E-state index in [0.717, 1.165) is 32.5 Å². The second-order valence-corrected chi connectivity index (χ2v) is 9.90. The first-order valence-electron chi connectivity index (χ1n) is 9.22. The zero-order valence-corrected chi connectivity index (χ0v) is 17.8. The summed E-state index contributed by atoms with van der Waals surface area (Å²) in [7, 11) is -4.14. The molecule has 0 spiro atoms. The summed E-state index contributed by atoms with van der Waals surface area (Å²) in [5.41, 5.74) is 0.913. The van der Waals surface area contributed by atoms with E-state index in [1.54, 1.807) is 24.3 Å². The van der Waals surface area contributed by atoms with Crippen LogP contribution in [-0.2, 0) is 10.0 Å². The number of rotatable bonds is 4. The van der Waals surface area contributed by atoms with Gasteiger partial charge in [0.2, 0.25) is 10.0 Å². The van der Waals surface area contributed by atoms with E-state index in [-0.39, 0.29) is 22.1 Å². The third-order valence-electron chi connectivity index (χ3n) is 5.63. The molecule has 29 heavy (non-hydrogen) atoms. The molecule has 2 N–H and O–H groups in total. The lowest BCUT2D eigenvalue weighted by atomic mass is 9.75. The highest BCUT2D eigenvalue weighted by molar-refractivity contribution is 7.89. The van der Waals surface area contributed by atoms with E-state index in [4.69, 9.17) is 33.1 Å². The molecule has 3 saturated heterocycles. The maximum atomic E-state index is 12.4. The highest BCUT2D eigenvalue weighted by Crippen LogP contribution is 2.46. The van der Waals surface area contributed by atoms with E-state index in [1.807, 2.05) is 6.07 Å². The predicted octanol–water partition coefficient (Wildman–Crippen LogP) is 4.11. The number of primary sulfonamides is 1. The van der Waals surface area contributed by atoms with Crippen molar-refractivity contribution in [2.75, 3.05) is 19.6 Å². The Morgan fingerprint density at radius 2 is 1.76 bits per heavy atom. The molecule has 0 unspecified atom stereocenters. The van der Waals surface area contributed by atoms with Crippen molar-refractivity contribution in [1.29, 1.82) is 5.26 Å². The SMILES string of the molecule is N#Cc1cc([C@@H]2CN3CCC2CC3)c(Oc2cc(Cl)cc(Cl)c2)c(S(N)(=O)=O)c1. The molecule has 0 amide bonds. The Kier molecular flexibility index (Phi) is 5.49. The molecule has 0 radical (unpaired) electrons. The summed E-state index contributed by atoms with van der Waals surface area (Å²) in [6.07, 6.45) is 2.04. The summed E-state index contributed by atoms with van der Waals surface area (Å²) in [6.45, 7) is 2.85. The number of hydrogen-bond acceptors (Lipinski definition) is 5. The van der Waals surface area contributed by atoms with Crippen molar-refractivity contribution in [3.8, 4) is 17.6 Å². The number of ether oxygens (including phenoxy) is 1. The van der Waals surface area contributed by atoms with Gasteiger partial charge in [-0.15, -0.1) is 0 Å². The molecule has 9 heteroatoms. The molecule has 6 nitrogen and oxygen atoms in total. The van der Waals surface area contributed by atoms with Crippen molar-refractivity contribution < 1.29 is 13.2 Å². The lowest BCUT2D eigenvalue weighted by molar-refractivity contribution is 0.0860. The fourth-order valence-electron chi connectivity index (χ4n) is 4.31. The molecular weight excluding hydrogens is 433 g/mol. The second kappa shape index (κ2) is 7.78. The van der Waals surface area contributed by atoms with Gasteiger partial charge in [0.15, 0.2) is 5.75 Å². The predicted molar refractivity (Wildman–Crippen MR) is 111 cm³/mol. The number of halogens is 2. The number of benzene rings is 2. The van der Waals surface area contributed by atoms with Gasteiger partial charge in [0.05, 0.1) is 11.6 Å². The first kappa shape index (κ1) is 20.5. The Morgan fingerprint density at radius 3 is 2.28 bits per heavy atom. The van der Waals surface area contributed by atoms with Crippen LogP contribution in [0.4, 0.5) is 0 Å². The summed E-state index contributed by atoms with van der Waals surface area (Å²) in [4.78, 5) is 2.14. The van der Waals surface area contributed by atoms with E-state index in [0.29, 0.717) is 27.3 Å². The average molecular weight is 452 g/mol. The molecule has 0 aromatic heterocycles. The highest BCUT2D eigenvalue weighted by Gasteiger charge is 2.38. The summed E-state index contributed by atoms with van der Waals surface area (Å²) >= 11 is 12.2. The first-order valence-corrected chi connectivity index (χ1v) is 11.5. The Hall–Kier alpha value is -1.82. The van der Waals surface area contributed by atoms with Crippen LogP contribution in [0.5, 0.6) is 11.5 Å². The second-order valence-electron chi connectivity index (χ2n) is 7.50. The van der Waals surface area contributed by atoms with Crippen LogP contribution in [0.2, 0.25) is 10.0 Å². The van der Waals surface area contributed by atoms with Crippen molar-refractivity contribution in [3.63, 3.8) is 0 Å². The minimum Gasteiger partial charge on any atom is -0.456 e. The minimum absolute atomic E-state index is 0.0518. The molecule has 5 rings (SSSR count). The molecule has 3 aliphatic rings. The first-order chi connectivity index (χ1) is 13.7. The normalized spacial score (nSPS) is 23.6. The molecule has 2 aromatic rings. The zero-order valence-electron chi connectivity index (χ0n) is 15.4. The Balaban J connectivity index is 1.90. The van der Waals surface area contributed by atoms with Crippen molar-refractivity contribution in [2.45, 2.75) is 23.7 Å². The minimum atomic E-state index is -4.14. The molecule has 3 fully saturated rings. The van der Waals surface area contributed by atoms with Crippen LogP contribution < -0.4 is 9.88 Å². The number of hydrogen-bond donors (Lipinski definition) is 1. The van der Waals surface area contributed by atoms with Gasteiger partial charge in [-0.05, 0) is 62.2 Å². The fraction of sp³-hybridized carbons (Fsp3) is 0.350. The van der Waals surface area contributed by atoms with Crippen molar-refractivity contribution in [3.05, 3.63) is 51.5 Å². The number of fused-ring (bicyclic) bond motifs is 3. The molecule has 152 valence electrons. The van der Waals surface area contributed by atoms with Crippen molar-refractivity contribution >= 4 is 33.2 Å². The molecular formula is C20H19Cl2N3O3S. The third-order valence-corrected chi connectivity index (χ3v) is 6.98. The fourth-order valence-corrected chi connectivity index (χ4v) is 5.52. The van der Waals surface area contributed by atoms with E-state index < -0.39 is 10.0 Å². The van der Waals surface area contributed by atoms with Gasteiger partial charge in [-0.2, -0.15) is 5.26 Å². The number of sulfonamides is 1. The maximum Gasteiger partial charge on any atom is 0.241 e. The summed E-state index contributed by atoms with van der Waals surface area (Å²) in [5, 5.41) is 15.7. The van der Waals surface area contributed by atoms with E-state index in [9.17, 15) is 13.7 Å². The third kappa shape index (κ3) is 4.23. The topological polar surface area (TPSA) is 96.4 Å². The van der Waals surface area contributed by atoms with Crippen LogP contribution >= 0.6 is 23.2 Å². The van der Waals surface area contributed by atoms with Gasteiger partial charge in [-0.25, -0.2) is 13.6 Å². The number of nitriles is 1. The van der Waals surface area contributed by atoms with Gasteiger partial charge < -0.3 is 9.64 Å². The molecule has 2 aromatic carbocycles. The van der Waals surface area contributed by atoms with Crippen LogP contribution in [0.3, 0.4) is 0 Å². The lowest BCUT2D eigenvalue weighted by Crippen LogP contribution is -2.46.